The van der Waals surface area contributed by atoms with Gasteiger partial charge in [0.1, 0.15) is 10.6 Å². The van der Waals surface area contributed by atoms with Gasteiger partial charge in [-0.2, -0.15) is 0 Å². The number of ether oxygens (including phenoxy) is 3. The summed E-state index contributed by atoms with van der Waals surface area (Å²) in [5.74, 6) is 0.776. The summed E-state index contributed by atoms with van der Waals surface area (Å²) in [6, 6.07) is 9.63. The minimum Gasteiger partial charge on any atom is -0.495 e. The molecular weight excluding hydrogens is 448 g/mol. The second-order valence-electron chi connectivity index (χ2n) is 7.27. The predicted octanol–water partition coefficient (Wildman–Crippen LogP) is 3.79. The molecule has 0 unspecified atom stereocenters. The van der Waals surface area contributed by atoms with E-state index < -0.39 is 21.5 Å². The van der Waals surface area contributed by atoms with E-state index in [-0.39, 0.29) is 17.1 Å². The number of aromatic nitrogens is 1. The van der Waals surface area contributed by atoms with Crippen molar-refractivity contribution in [3.63, 3.8) is 0 Å². The molecule has 0 spiro atoms. The van der Waals surface area contributed by atoms with Crippen molar-refractivity contribution in [1.82, 2.24) is 5.16 Å². The fourth-order valence-corrected chi connectivity index (χ4v) is 4.66. The maximum absolute atomic E-state index is 13.1. The molecule has 1 heterocycles. The van der Waals surface area contributed by atoms with Crippen LogP contribution in [0.1, 0.15) is 17.7 Å². The third-order valence-corrected chi connectivity index (χ3v) is 6.91. The molecule has 0 fully saturated rings. The molecule has 0 aliphatic carbocycles. The summed E-state index contributed by atoms with van der Waals surface area (Å²) in [4.78, 5) is 12.4. The van der Waals surface area contributed by atoms with E-state index in [0.717, 1.165) is 11.3 Å². The molecule has 0 saturated heterocycles. The summed E-state index contributed by atoms with van der Waals surface area (Å²) in [5, 5.41) is 6.60. The topological polar surface area (TPSA) is 117 Å². The number of carbonyl (C=O) groups is 1. The lowest BCUT2D eigenvalue weighted by molar-refractivity contribution is -0.115. The number of carbonyl (C=O) groups excluding carboxylic acids is 1. The number of nitrogens with one attached hydrogen (secondary N) is 1. The Morgan fingerprint density at radius 2 is 1.64 bits per heavy atom. The van der Waals surface area contributed by atoms with Gasteiger partial charge < -0.3 is 24.1 Å². The standard InChI is InChI=1S/C23H26N2O7S/c1-14-15(2)25-32-23(14)16-6-8-19(30-4)21(12-16)33(27,28)11-10-22(26)24-17-7-9-18(29-3)20(13-17)31-5/h6-9,12-13H,10-11H2,1-5H3,(H,24,26). The van der Waals surface area contributed by atoms with Crippen LogP contribution in [0.25, 0.3) is 11.3 Å². The zero-order chi connectivity index (χ0) is 24.2. The predicted molar refractivity (Wildman–Crippen MR) is 123 cm³/mol. The van der Waals surface area contributed by atoms with Crippen molar-refractivity contribution < 1.29 is 31.9 Å². The smallest absolute Gasteiger partial charge is 0.225 e. The quantitative estimate of drug-likeness (QED) is 0.498. The van der Waals surface area contributed by atoms with Crippen molar-refractivity contribution in [3.8, 4) is 28.6 Å². The molecule has 0 aliphatic heterocycles. The highest BCUT2D eigenvalue weighted by atomic mass is 32.2. The van der Waals surface area contributed by atoms with Gasteiger partial charge in [0.15, 0.2) is 27.1 Å². The highest BCUT2D eigenvalue weighted by Crippen LogP contribution is 2.33. The Labute approximate surface area is 192 Å². The molecule has 0 saturated carbocycles. The maximum atomic E-state index is 13.1. The number of hydrogen-bond donors (Lipinski definition) is 1. The Balaban J connectivity index is 1.78. The maximum Gasteiger partial charge on any atom is 0.225 e. The Hall–Kier alpha value is -3.53. The van der Waals surface area contributed by atoms with Gasteiger partial charge in [0.25, 0.3) is 0 Å². The largest absolute Gasteiger partial charge is 0.495 e. The number of amides is 1. The Bertz CT molecular complexity index is 1270. The molecule has 1 aromatic heterocycles. The minimum absolute atomic E-state index is 0.0186. The van der Waals surface area contributed by atoms with Crippen LogP contribution in [-0.4, -0.2) is 46.6 Å². The summed E-state index contributed by atoms with van der Waals surface area (Å²) in [6.45, 7) is 3.65. The van der Waals surface area contributed by atoms with Crippen LogP contribution in [0.2, 0.25) is 0 Å². The first-order valence-corrected chi connectivity index (χ1v) is 11.7. The summed E-state index contributed by atoms with van der Waals surface area (Å²) < 4.78 is 47.2. The molecule has 3 rings (SSSR count). The highest BCUT2D eigenvalue weighted by molar-refractivity contribution is 7.91. The van der Waals surface area contributed by atoms with Crippen LogP contribution in [0.3, 0.4) is 0 Å². The van der Waals surface area contributed by atoms with Gasteiger partial charge in [0.2, 0.25) is 5.91 Å². The summed E-state index contributed by atoms with van der Waals surface area (Å²) in [6.07, 6.45) is -0.246. The van der Waals surface area contributed by atoms with Crippen molar-refractivity contribution in [2.75, 3.05) is 32.4 Å². The van der Waals surface area contributed by atoms with E-state index in [2.05, 4.69) is 10.5 Å². The zero-order valence-corrected chi connectivity index (χ0v) is 19.9. The van der Waals surface area contributed by atoms with E-state index in [0.29, 0.717) is 28.5 Å². The highest BCUT2D eigenvalue weighted by Gasteiger charge is 2.23. The molecule has 0 aliphatic rings. The molecular formula is C23H26N2O7S. The van der Waals surface area contributed by atoms with Gasteiger partial charge in [-0.25, -0.2) is 8.42 Å². The lowest BCUT2D eigenvalue weighted by atomic mass is 10.1. The summed E-state index contributed by atoms with van der Waals surface area (Å²) in [5.41, 5.74) is 2.56. The number of hydrogen-bond acceptors (Lipinski definition) is 8. The van der Waals surface area contributed by atoms with Gasteiger partial charge in [0, 0.05) is 29.3 Å². The van der Waals surface area contributed by atoms with Crippen molar-refractivity contribution >= 4 is 21.4 Å². The Morgan fingerprint density at radius 3 is 2.24 bits per heavy atom. The van der Waals surface area contributed by atoms with Crippen molar-refractivity contribution in [2.45, 2.75) is 25.2 Å². The number of methoxy groups -OCH3 is 3. The van der Waals surface area contributed by atoms with Gasteiger partial charge in [-0.05, 0) is 44.2 Å². The van der Waals surface area contributed by atoms with Crippen LogP contribution in [0, 0.1) is 13.8 Å². The van der Waals surface area contributed by atoms with E-state index in [1.807, 2.05) is 6.92 Å². The SMILES string of the molecule is COc1ccc(NC(=O)CCS(=O)(=O)c2cc(-c3onc(C)c3C)ccc2OC)cc1OC. The molecule has 0 radical (unpaired) electrons. The van der Waals surface area contributed by atoms with E-state index in [1.54, 1.807) is 37.3 Å². The van der Waals surface area contributed by atoms with Crippen LogP contribution in [0.15, 0.2) is 45.8 Å². The molecule has 1 amide bonds. The van der Waals surface area contributed by atoms with E-state index in [1.165, 1.54) is 27.4 Å². The average Bonchev–Trinajstić information content (AvgIpc) is 3.15. The third kappa shape index (κ3) is 5.28. The van der Waals surface area contributed by atoms with Crippen LogP contribution in [0.5, 0.6) is 17.2 Å². The monoisotopic (exact) mass is 474 g/mol. The lowest BCUT2D eigenvalue weighted by Gasteiger charge is -2.12. The van der Waals surface area contributed by atoms with Crippen LogP contribution >= 0.6 is 0 Å². The van der Waals surface area contributed by atoms with Crippen LogP contribution in [0.4, 0.5) is 5.69 Å². The number of anilines is 1. The second kappa shape index (κ2) is 9.95. The van der Waals surface area contributed by atoms with Crippen molar-refractivity contribution in [2.24, 2.45) is 0 Å². The first-order chi connectivity index (χ1) is 15.7. The number of sulfone groups is 1. The molecule has 33 heavy (non-hydrogen) atoms. The molecule has 9 nitrogen and oxygen atoms in total. The Morgan fingerprint density at radius 1 is 0.970 bits per heavy atom. The molecule has 3 aromatic rings. The fourth-order valence-electron chi connectivity index (χ4n) is 3.22. The van der Waals surface area contributed by atoms with Gasteiger partial charge in [-0.1, -0.05) is 5.16 Å². The van der Waals surface area contributed by atoms with Gasteiger partial charge >= 0.3 is 0 Å². The van der Waals surface area contributed by atoms with Crippen LogP contribution in [-0.2, 0) is 14.6 Å². The Kier molecular flexibility index (Phi) is 7.27. The van der Waals surface area contributed by atoms with Crippen molar-refractivity contribution in [1.29, 1.82) is 0 Å². The summed E-state index contributed by atoms with van der Waals surface area (Å²) in [7, 11) is 0.542. The number of nitrogens with zero attached hydrogens (tertiary/aromatic N) is 1. The average molecular weight is 475 g/mol. The third-order valence-electron chi connectivity index (χ3n) is 5.18. The first kappa shape index (κ1) is 24.1. The number of aryl methyl sites for hydroxylation is 1. The number of benzene rings is 2. The van der Waals surface area contributed by atoms with Gasteiger partial charge in [0.05, 0.1) is 32.8 Å². The van der Waals surface area contributed by atoms with E-state index in [4.69, 9.17) is 18.7 Å². The van der Waals surface area contributed by atoms with E-state index >= 15 is 0 Å². The minimum atomic E-state index is -3.84. The molecule has 176 valence electrons. The lowest BCUT2D eigenvalue weighted by Crippen LogP contribution is -2.18. The molecule has 0 atom stereocenters. The molecule has 2 aromatic carbocycles. The van der Waals surface area contributed by atoms with Gasteiger partial charge in [-0.15, -0.1) is 0 Å². The van der Waals surface area contributed by atoms with Crippen molar-refractivity contribution in [3.05, 3.63) is 47.7 Å². The molecule has 10 heteroatoms. The van der Waals surface area contributed by atoms with Gasteiger partial charge in [-0.3, -0.25) is 4.79 Å². The first-order valence-electron chi connectivity index (χ1n) is 10.1. The normalized spacial score (nSPS) is 11.2. The fraction of sp³-hybridized carbons (Fsp3) is 0.304. The van der Waals surface area contributed by atoms with Crippen LogP contribution < -0.4 is 19.5 Å². The summed E-state index contributed by atoms with van der Waals surface area (Å²) >= 11 is 0. The zero-order valence-electron chi connectivity index (χ0n) is 19.1. The molecule has 0 bridgehead atoms. The van der Waals surface area contributed by atoms with E-state index in [9.17, 15) is 13.2 Å². The molecule has 1 N–H and O–H groups in total. The number of rotatable bonds is 9. The second-order valence-corrected chi connectivity index (χ2v) is 9.35.